The van der Waals surface area contributed by atoms with E-state index in [0.717, 1.165) is 0 Å². The second-order valence-electron chi connectivity index (χ2n) is 1.46. The summed E-state index contributed by atoms with van der Waals surface area (Å²) in [6.07, 6.45) is -4.76. The first kappa shape index (κ1) is 8.97. The molecule has 0 atom stereocenters. The minimum absolute atomic E-state index is 0.0316. The highest BCUT2D eigenvalue weighted by molar-refractivity contribution is 6.26. The van der Waals surface area contributed by atoms with Gasteiger partial charge in [0.1, 0.15) is 0 Å². The third-order valence-electron chi connectivity index (χ3n) is 0.655. The Bertz CT molecular complexity index is 72.7. The van der Waals surface area contributed by atoms with Crippen molar-refractivity contribution in [1.29, 1.82) is 0 Å². The fourth-order valence-corrected chi connectivity index (χ4v) is 0.884. The van der Waals surface area contributed by atoms with E-state index >= 15 is 0 Å². The van der Waals surface area contributed by atoms with Gasteiger partial charge in [0.2, 0.25) is 9.76 Å². The van der Waals surface area contributed by atoms with Crippen LogP contribution in [0.2, 0.25) is 6.04 Å². The summed E-state index contributed by atoms with van der Waals surface area (Å²) in [6, 6.07) is 0.0833. The molecule has 54 valence electrons. The third-order valence-corrected chi connectivity index (χ3v) is 1.40. The largest absolute Gasteiger partial charge is 0.421 e. The summed E-state index contributed by atoms with van der Waals surface area (Å²) in [6.45, 7) is 0. The summed E-state index contributed by atoms with van der Waals surface area (Å²) in [5, 5.41) is 0. The lowest BCUT2D eigenvalue weighted by Crippen LogP contribution is -2.08. The average molecular weight is 156 g/mol. The molecule has 0 aliphatic rings. The van der Waals surface area contributed by atoms with Crippen molar-refractivity contribution in [2.45, 2.75) is 18.6 Å². The van der Waals surface area contributed by atoms with Crippen LogP contribution in [0, 0.1) is 0 Å². The van der Waals surface area contributed by atoms with E-state index in [0.29, 0.717) is 0 Å². The Kier molecular flexibility index (Phi) is 3.88. The molecule has 0 aromatic carbocycles. The summed E-state index contributed by atoms with van der Waals surface area (Å²) >= 11 is 0. The van der Waals surface area contributed by atoms with Crippen LogP contribution in [0.5, 0.6) is 0 Å². The molecular weight excluding hydrogens is 149 g/mol. The van der Waals surface area contributed by atoms with Gasteiger partial charge in [-0.1, -0.05) is 0 Å². The number of hydrogen-bond acceptors (Lipinski definition) is 1. The first-order valence-corrected chi connectivity index (χ1v) is 3.50. The summed E-state index contributed by atoms with van der Waals surface area (Å²) in [5.41, 5.74) is 0. The van der Waals surface area contributed by atoms with Crippen molar-refractivity contribution in [2.24, 2.45) is 0 Å². The molecule has 0 rings (SSSR count). The Balaban J connectivity index is 3.07. The Hall–Kier alpha value is -0.0331. The minimum Gasteiger partial charge on any atom is -0.421 e. The van der Waals surface area contributed by atoms with Crippen LogP contribution in [-0.2, 0) is 4.43 Å². The van der Waals surface area contributed by atoms with E-state index in [-0.39, 0.29) is 15.8 Å². The van der Waals surface area contributed by atoms with Crippen LogP contribution in [0.1, 0.15) is 6.42 Å². The van der Waals surface area contributed by atoms with E-state index in [2.05, 4.69) is 4.43 Å². The second kappa shape index (κ2) is 3.89. The molecule has 0 aromatic rings. The van der Waals surface area contributed by atoms with Gasteiger partial charge in [0, 0.05) is 13.5 Å². The van der Waals surface area contributed by atoms with Gasteiger partial charge in [-0.05, 0) is 6.04 Å². The van der Waals surface area contributed by atoms with Gasteiger partial charge in [0.25, 0.3) is 0 Å². The van der Waals surface area contributed by atoms with Crippen molar-refractivity contribution < 1.29 is 17.6 Å². The molecule has 1 nitrogen and oxygen atoms in total. The summed E-state index contributed by atoms with van der Waals surface area (Å²) in [4.78, 5) is 0. The van der Waals surface area contributed by atoms with Crippen molar-refractivity contribution in [3.05, 3.63) is 0 Å². The molecular formula is C4H7F3OSi. The van der Waals surface area contributed by atoms with E-state index in [1.54, 1.807) is 0 Å². The smallest absolute Gasteiger partial charge is 0.388 e. The zero-order chi connectivity index (χ0) is 7.33. The molecule has 2 radical (unpaired) electrons. The number of hydrogen-bond donors (Lipinski definition) is 0. The van der Waals surface area contributed by atoms with Gasteiger partial charge in [0.05, 0.1) is 0 Å². The topological polar surface area (TPSA) is 9.23 Å². The maximum absolute atomic E-state index is 11.3. The van der Waals surface area contributed by atoms with Crippen LogP contribution in [0.4, 0.5) is 13.2 Å². The maximum atomic E-state index is 11.3. The fourth-order valence-electron chi connectivity index (χ4n) is 0.295. The van der Waals surface area contributed by atoms with E-state index < -0.39 is 12.6 Å². The normalized spacial score (nSPS) is 12.0. The molecule has 0 saturated carbocycles. The molecule has 0 amide bonds. The zero-order valence-corrected chi connectivity index (χ0v) is 5.96. The SMILES string of the molecule is CO[Si]CCC(F)(F)F. The van der Waals surface area contributed by atoms with Crippen molar-refractivity contribution in [1.82, 2.24) is 0 Å². The molecule has 0 bridgehead atoms. The lowest BCUT2D eigenvalue weighted by Gasteiger charge is -2.02. The third kappa shape index (κ3) is 7.97. The lowest BCUT2D eigenvalue weighted by atomic mass is 10.5. The van der Waals surface area contributed by atoms with Gasteiger partial charge in [-0.25, -0.2) is 0 Å². The first-order chi connectivity index (χ1) is 4.06. The number of rotatable bonds is 3. The van der Waals surface area contributed by atoms with E-state index in [9.17, 15) is 13.2 Å². The van der Waals surface area contributed by atoms with Gasteiger partial charge in [-0.15, -0.1) is 0 Å². The molecule has 0 aliphatic carbocycles. The molecule has 0 unspecified atom stereocenters. The van der Waals surface area contributed by atoms with Crippen molar-refractivity contribution >= 4 is 9.76 Å². The number of alkyl halides is 3. The highest BCUT2D eigenvalue weighted by Gasteiger charge is 2.25. The molecule has 0 aliphatic heterocycles. The predicted octanol–water partition coefficient (Wildman–Crippen LogP) is 1.62. The van der Waals surface area contributed by atoms with E-state index in [4.69, 9.17) is 0 Å². The molecule has 0 aromatic heterocycles. The van der Waals surface area contributed by atoms with Crippen LogP contribution in [0.15, 0.2) is 0 Å². The molecule has 9 heavy (non-hydrogen) atoms. The monoisotopic (exact) mass is 156 g/mol. The van der Waals surface area contributed by atoms with Crippen LogP contribution in [0.25, 0.3) is 0 Å². The van der Waals surface area contributed by atoms with Crippen LogP contribution < -0.4 is 0 Å². The standard InChI is InChI=1S/C4H7F3OSi/c1-8-9-3-2-4(5,6)7/h2-3H2,1H3. The summed E-state index contributed by atoms with van der Waals surface area (Å²) < 4.78 is 38.4. The zero-order valence-electron chi connectivity index (χ0n) is 4.96. The summed E-state index contributed by atoms with van der Waals surface area (Å²) in [5.74, 6) is 0. The lowest BCUT2D eigenvalue weighted by molar-refractivity contribution is -0.130. The van der Waals surface area contributed by atoms with Crippen LogP contribution in [0.3, 0.4) is 0 Å². The van der Waals surface area contributed by atoms with Crippen molar-refractivity contribution in [3.63, 3.8) is 0 Å². The molecule has 0 N–H and O–H groups in total. The Morgan fingerprint density at radius 3 is 2.33 bits per heavy atom. The van der Waals surface area contributed by atoms with Gasteiger partial charge in [-0.2, -0.15) is 13.2 Å². The summed E-state index contributed by atoms with van der Waals surface area (Å²) in [7, 11) is 1.37. The van der Waals surface area contributed by atoms with Crippen LogP contribution in [-0.4, -0.2) is 23.0 Å². The van der Waals surface area contributed by atoms with Gasteiger partial charge >= 0.3 is 6.18 Å². The first-order valence-electron chi connectivity index (χ1n) is 2.39. The Morgan fingerprint density at radius 1 is 1.44 bits per heavy atom. The maximum Gasteiger partial charge on any atom is 0.388 e. The molecule has 0 heterocycles. The second-order valence-corrected chi connectivity index (χ2v) is 2.66. The average Bonchev–Trinajstić information content (AvgIpc) is 1.63. The quantitative estimate of drug-likeness (QED) is 0.445. The molecule has 0 spiro atoms. The predicted molar refractivity (Wildman–Crippen MR) is 28.2 cm³/mol. The van der Waals surface area contributed by atoms with Gasteiger partial charge in [-0.3, -0.25) is 0 Å². The fraction of sp³-hybridized carbons (Fsp3) is 1.00. The van der Waals surface area contributed by atoms with E-state index in [1.807, 2.05) is 0 Å². The van der Waals surface area contributed by atoms with Crippen molar-refractivity contribution in [2.75, 3.05) is 7.11 Å². The van der Waals surface area contributed by atoms with E-state index in [1.165, 1.54) is 7.11 Å². The Labute approximate surface area is 54.1 Å². The van der Waals surface area contributed by atoms with Gasteiger partial charge < -0.3 is 4.43 Å². The molecule has 0 saturated heterocycles. The highest BCUT2D eigenvalue weighted by Crippen LogP contribution is 2.20. The number of halogens is 3. The van der Waals surface area contributed by atoms with Crippen molar-refractivity contribution in [3.8, 4) is 0 Å². The molecule has 5 heteroatoms. The minimum atomic E-state index is -4.02. The Morgan fingerprint density at radius 2 is 2.00 bits per heavy atom. The van der Waals surface area contributed by atoms with Gasteiger partial charge in [0.15, 0.2) is 0 Å². The van der Waals surface area contributed by atoms with Crippen LogP contribution >= 0.6 is 0 Å². The molecule has 0 fully saturated rings. The highest BCUT2D eigenvalue weighted by atomic mass is 28.2.